The summed E-state index contributed by atoms with van der Waals surface area (Å²) >= 11 is 0. The first kappa shape index (κ1) is 13.1. The van der Waals surface area contributed by atoms with Gasteiger partial charge >= 0.3 is 5.97 Å². The molecule has 0 amide bonds. The number of hydrogen-bond acceptors (Lipinski definition) is 3. The molecule has 1 aromatic carbocycles. The Balaban J connectivity index is 2.19. The lowest BCUT2D eigenvalue weighted by Gasteiger charge is -2.32. The molecule has 0 saturated heterocycles. The Labute approximate surface area is 107 Å². The molecule has 0 radical (unpaired) electrons. The van der Waals surface area contributed by atoms with Crippen molar-refractivity contribution in [2.75, 3.05) is 6.61 Å². The predicted molar refractivity (Wildman–Crippen MR) is 68.2 cm³/mol. The minimum atomic E-state index is -0.840. The SMILES string of the molecule is CC(CO)(NC(C(=O)O)C1CC1)c1ccccc1. The number of aliphatic carboxylic acids is 1. The molecule has 1 aliphatic carbocycles. The molecule has 1 aromatic rings. The van der Waals surface area contributed by atoms with E-state index < -0.39 is 17.6 Å². The summed E-state index contributed by atoms with van der Waals surface area (Å²) in [5, 5.41) is 22.0. The van der Waals surface area contributed by atoms with Gasteiger partial charge in [0.25, 0.3) is 0 Å². The Bertz CT molecular complexity index is 416. The quantitative estimate of drug-likeness (QED) is 0.711. The molecular formula is C14H19NO3. The van der Waals surface area contributed by atoms with Gasteiger partial charge in [-0.25, -0.2) is 0 Å². The Morgan fingerprint density at radius 3 is 2.50 bits per heavy atom. The van der Waals surface area contributed by atoms with E-state index in [4.69, 9.17) is 0 Å². The maximum Gasteiger partial charge on any atom is 0.321 e. The molecule has 98 valence electrons. The lowest BCUT2D eigenvalue weighted by molar-refractivity contribution is -0.140. The molecule has 3 N–H and O–H groups in total. The van der Waals surface area contributed by atoms with Crippen molar-refractivity contribution in [2.24, 2.45) is 5.92 Å². The third-order valence-electron chi connectivity index (χ3n) is 3.56. The summed E-state index contributed by atoms with van der Waals surface area (Å²) in [5.41, 5.74) is 0.187. The van der Waals surface area contributed by atoms with Crippen LogP contribution in [0.5, 0.6) is 0 Å². The first-order chi connectivity index (χ1) is 8.57. The standard InChI is InChI=1S/C14H19NO3/c1-14(9-16,11-5-3-2-4-6-11)15-12(13(17)18)10-7-8-10/h2-6,10,12,15-16H,7-9H2,1H3,(H,17,18). The minimum Gasteiger partial charge on any atom is -0.480 e. The van der Waals surface area contributed by atoms with Gasteiger partial charge in [0.2, 0.25) is 0 Å². The van der Waals surface area contributed by atoms with Gasteiger partial charge in [0.1, 0.15) is 6.04 Å². The fourth-order valence-corrected chi connectivity index (χ4v) is 2.18. The average molecular weight is 249 g/mol. The second-order valence-electron chi connectivity index (χ2n) is 5.15. The number of carboxylic acid groups (broad SMARTS) is 1. The van der Waals surface area contributed by atoms with Crippen molar-refractivity contribution >= 4 is 5.97 Å². The summed E-state index contributed by atoms with van der Waals surface area (Å²) < 4.78 is 0. The van der Waals surface area contributed by atoms with Gasteiger partial charge in [0.15, 0.2) is 0 Å². The van der Waals surface area contributed by atoms with Crippen molar-refractivity contribution in [3.8, 4) is 0 Å². The molecule has 0 bridgehead atoms. The summed E-state index contributed by atoms with van der Waals surface area (Å²) in [7, 11) is 0. The average Bonchev–Trinajstić information content (AvgIpc) is 3.20. The fraction of sp³-hybridized carbons (Fsp3) is 0.500. The van der Waals surface area contributed by atoms with Gasteiger partial charge in [-0.15, -0.1) is 0 Å². The van der Waals surface area contributed by atoms with Gasteiger partial charge in [0, 0.05) is 0 Å². The van der Waals surface area contributed by atoms with Crippen molar-refractivity contribution in [3.63, 3.8) is 0 Å². The van der Waals surface area contributed by atoms with E-state index in [0.29, 0.717) is 0 Å². The molecule has 4 heteroatoms. The van der Waals surface area contributed by atoms with Crippen molar-refractivity contribution in [2.45, 2.75) is 31.3 Å². The Morgan fingerprint density at radius 2 is 2.06 bits per heavy atom. The van der Waals surface area contributed by atoms with Gasteiger partial charge in [-0.3, -0.25) is 10.1 Å². The molecule has 2 atom stereocenters. The van der Waals surface area contributed by atoms with E-state index in [2.05, 4.69) is 5.32 Å². The number of carbonyl (C=O) groups is 1. The highest BCUT2D eigenvalue weighted by Crippen LogP contribution is 2.35. The van der Waals surface area contributed by atoms with E-state index in [1.165, 1.54) is 0 Å². The van der Waals surface area contributed by atoms with Crippen LogP contribution in [0.2, 0.25) is 0 Å². The molecule has 0 aliphatic heterocycles. The molecule has 4 nitrogen and oxygen atoms in total. The van der Waals surface area contributed by atoms with Gasteiger partial charge in [0.05, 0.1) is 12.1 Å². The second-order valence-corrected chi connectivity index (χ2v) is 5.15. The first-order valence-electron chi connectivity index (χ1n) is 6.24. The Morgan fingerprint density at radius 1 is 1.44 bits per heavy atom. The van der Waals surface area contributed by atoms with E-state index in [1.807, 2.05) is 37.3 Å². The molecule has 2 unspecified atom stereocenters. The predicted octanol–water partition coefficient (Wildman–Crippen LogP) is 1.35. The Kier molecular flexibility index (Phi) is 3.68. The molecule has 1 fully saturated rings. The number of aliphatic hydroxyl groups excluding tert-OH is 1. The molecule has 2 rings (SSSR count). The minimum absolute atomic E-state index is 0.131. The maximum atomic E-state index is 11.3. The van der Waals surface area contributed by atoms with Crippen molar-refractivity contribution in [3.05, 3.63) is 35.9 Å². The van der Waals surface area contributed by atoms with E-state index in [0.717, 1.165) is 18.4 Å². The summed E-state index contributed by atoms with van der Waals surface area (Å²) in [4.78, 5) is 11.3. The normalized spacial score (nSPS) is 20.1. The number of aliphatic hydroxyl groups is 1. The third-order valence-corrected chi connectivity index (χ3v) is 3.56. The van der Waals surface area contributed by atoms with Gasteiger partial charge < -0.3 is 10.2 Å². The zero-order chi connectivity index (χ0) is 13.2. The summed E-state index contributed by atoms with van der Waals surface area (Å²) in [6.07, 6.45) is 1.89. The van der Waals surface area contributed by atoms with Crippen LogP contribution in [0.3, 0.4) is 0 Å². The van der Waals surface area contributed by atoms with E-state index >= 15 is 0 Å². The number of hydrogen-bond donors (Lipinski definition) is 3. The monoisotopic (exact) mass is 249 g/mol. The molecule has 0 spiro atoms. The molecular weight excluding hydrogens is 230 g/mol. The number of carboxylic acids is 1. The van der Waals surface area contributed by atoms with Crippen LogP contribution in [0.4, 0.5) is 0 Å². The third kappa shape index (κ3) is 2.71. The highest BCUT2D eigenvalue weighted by Gasteiger charge is 2.40. The molecule has 0 heterocycles. The van der Waals surface area contributed by atoms with Crippen molar-refractivity contribution in [1.29, 1.82) is 0 Å². The van der Waals surface area contributed by atoms with Crippen LogP contribution in [0.15, 0.2) is 30.3 Å². The molecule has 1 saturated carbocycles. The van der Waals surface area contributed by atoms with E-state index in [1.54, 1.807) is 0 Å². The van der Waals surface area contributed by atoms with Crippen LogP contribution in [0.1, 0.15) is 25.3 Å². The van der Waals surface area contributed by atoms with Gasteiger partial charge in [-0.05, 0) is 31.2 Å². The zero-order valence-electron chi connectivity index (χ0n) is 10.5. The lowest BCUT2D eigenvalue weighted by Crippen LogP contribution is -2.52. The van der Waals surface area contributed by atoms with Crippen LogP contribution < -0.4 is 5.32 Å². The highest BCUT2D eigenvalue weighted by atomic mass is 16.4. The topological polar surface area (TPSA) is 69.6 Å². The van der Waals surface area contributed by atoms with Crippen molar-refractivity contribution in [1.82, 2.24) is 5.32 Å². The Hall–Kier alpha value is -1.39. The molecule has 18 heavy (non-hydrogen) atoms. The van der Waals surface area contributed by atoms with Crippen molar-refractivity contribution < 1.29 is 15.0 Å². The molecule has 0 aromatic heterocycles. The number of nitrogens with one attached hydrogen (secondary N) is 1. The summed E-state index contributed by atoms with van der Waals surface area (Å²) in [6, 6.07) is 8.89. The smallest absolute Gasteiger partial charge is 0.321 e. The van der Waals surface area contributed by atoms with E-state index in [9.17, 15) is 15.0 Å². The van der Waals surface area contributed by atoms with Crippen LogP contribution >= 0.6 is 0 Å². The number of rotatable bonds is 6. The fourth-order valence-electron chi connectivity index (χ4n) is 2.18. The van der Waals surface area contributed by atoms with Crippen LogP contribution in [-0.2, 0) is 10.3 Å². The maximum absolute atomic E-state index is 11.3. The van der Waals surface area contributed by atoms with Crippen LogP contribution in [0, 0.1) is 5.92 Å². The lowest BCUT2D eigenvalue weighted by atomic mass is 9.91. The van der Waals surface area contributed by atoms with Gasteiger partial charge in [-0.2, -0.15) is 0 Å². The highest BCUT2D eigenvalue weighted by molar-refractivity contribution is 5.74. The van der Waals surface area contributed by atoms with E-state index in [-0.39, 0.29) is 12.5 Å². The second kappa shape index (κ2) is 5.08. The summed E-state index contributed by atoms with van der Waals surface area (Å²) in [5.74, 6) is -0.648. The molecule has 1 aliphatic rings. The van der Waals surface area contributed by atoms with Gasteiger partial charge in [-0.1, -0.05) is 30.3 Å². The number of benzene rings is 1. The van der Waals surface area contributed by atoms with Crippen LogP contribution in [-0.4, -0.2) is 28.8 Å². The van der Waals surface area contributed by atoms with Crippen LogP contribution in [0.25, 0.3) is 0 Å². The first-order valence-corrected chi connectivity index (χ1v) is 6.24. The zero-order valence-corrected chi connectivity index (χ0v) is 10.5. The summed E-state index contributed by atoms with van der Waals surface area (Å²) in [6.45, 7) is 1.70. The largest absolute Gasteiger partial charge is 0.480 e.